The molecule has 0 bridgehead atoms. The van der Waals surface area contributed by atoms with Gasteiger partial charge in [0, 0.05) is 18.7 Å². The Morgan fingerprint density at radius 1 is 1.33 bits per heavy atom. The number of aliphatic hydroxyl groups excluding tert-OH is 1. The first-order valence-electron chi connectivity index (χ1n) is 6.09. The fraction of sp³-hybridized carbons (Fsp3) is 0.571. The first-order valence-corrected chi connectivity index (χ1v) is 6.09. The van der Waals surface area contributed by atoms with Gasteiger partial charge in [0.25, 0.3) is 0 Å². The second-order valence-corrected chi connectivity index (χ2v) is 5.51. The molecule has 0 aliphatic carbocycles. The van der Waals surface area contributed by atoms with E-state index in [1.807, 2.05) is 20.8 Å². The summed E-state index contributed by atoms with van der Waals surface area (Å²) in [7, 11) is 1.59. The Labute approximate surface area is 109 Å². The lowest BCUT2D eigenvalue weighted by molar-refractivity contribution is 0.0627. The SMILES string of the molecule is COc1ccc(O)c(CNCC(O)C(C)(C)C)c1. The van der Waals surface area contributed by atoms with Gasteiger partial charge in [-0.05, 0) is 23.6 Å². The molecule has 1 aromatic rings. The minimum absolute atomic E-state index is 0.149. The molecule has 0 aromatic heterocycles. The standard InChI is InChI=1S/C14H23NO3/c1-14(2,3)13(17)9-15-8-10-7-11(18-4)5-6-12(10)16/h5-7,13,15-17H,8-9H2,1-4H3. The maximum atomic E-state index is 9.88. The molecule has 3 N–H and O–H groups in total. The fourth-order valence-corrected chi connectivity index (χ4v) is 1.48. The molecule has 0 aliphatic rings. The molecule has 1 rings (SSSR count). The van der Waals surface area contributed by atoms with E-state index < -0.39 is 6.10 Å². The number of methoxy groups -OCH3 is 1. The Morgan fingerprint density at radius 3 is 2.56 bits per heavy atom. The Hall–Kier alpha value is -1.26. The van der Waals surface area contributed by atoms with E-state index >= 15 is 0 Å². The van der Waals surface area contributed by atoms with Crippen LogP contribution in [0.1, 0.15) is 26.3 Å². The van der Waals surface area contributed by atoms with Gasteiger partial charge in [0.15, 0.2) is 0 Å². The zero-order chi connectivity index (χ0) is 13.8. The van der Waals surface area contributed by atoms with Crippen LogP contribution in [0, 0.1) is 5.41 Å². The van der Waals surface area contributed by atoms with Crippen LogP contribution in [0.2, 0.25) is 0 Å². The molecule has 18 heavy (non-hydrogen) atoms. The molecule has 102 valence electrons. The number of rotatable bonds is 5. The van der Waals surface area contributed by atoms with Crippen LogP contribution < -0.4 is 10.1 Å². The first kappa shape index (κ1) is 14.8. The highest BCUT2D eigenvalue weighted by Crippen LogP contribution is 2.23. The molecule has 1 aromatic carbocycles. The van der Waals surface area contributed by atoms with Gasteiger partial charge >= 0.3 is 0 Å². The summed E-state index contributed by atoms with van der Waals surface area (Å²) in [5.74, 6) is 0.939. The largest absolute Gasteiger partial charge is 0.508 e. The van der Waals surface area contributed by atoms with Crippen LogP contribution in [0.4, 0.5) is 0 Å². The van der Waals surface area contributed by atoms with Crippen molar-refractivity contribution in [1.29, 1.82) is 0 Å². The van der Waals surface area contributed by atoms with Gasteiger partial charge in [-0.15, -0.1) is 0 Å². The molecule has 0 saturated carbocycles. The van der Waals surface area contributed by atoms with Crippen LogP contribution in [-0.4, -0.2) is 30.0 Å². The van der Waals surface area contributed by atoms with Gasteiger partial charge in [0.1, 0.15) is 11.5 Å². The van der Waals surface area contributed by atoms with Crippen molar-refractivity contribution < 1.29 is 14.9 Å². The van der Waals surface area contributed by atoms with Gasteiger partial charge in [0.2, 0.25) is 0 Å². The van der Waals surface area contributed by atoms with Crippen LogP contribution in [0.5, 0.6) is 11.5 Å². The van der Waals surface area contributed by atoms with E-state index in [2.05, 4.69) is 5.32 Å². The van der Waals surface area contributed by atoms with Crippen LogP contribution in [0.3, 0.4) is 0 Å². The molecule has 4 nitrogen and oxygen atoms in total. The van der Waals surface area contributed by atoms with Crippen LogP contribution >= 0.6 is 0 Å². The molecule has 0 amide bonds. The van der Waals surface area contributed by atoms with Gasteiger partial charge in [-0.25, -0.2) is 0 Å². The van der Waals surface area contributed by atoms with E-state index in [4.69, 9.17) is 4.74 Å². The number of phenols is 1. The van der Waals surface area contributed by atoms with Gasteiger partial charge in [0.05, 0.1) is 13.2 Å². The fourth-order valence-electron chi connectivity index (χ4n) is 1.48. The van der Waals surface area contributed by atoms with Crippen LogP contribution in [0.25, 0.3) is 0 Å². The third kappa shape index (κ3) is 4.20. The predicted molar refractivity (Wildman–Crippen MR) is 71.8 cm³/mol. The minimum Gasteiger partial charge on any atom is -0.508 e. The van der Waals surface area contributed by atoms with E-state index in [1.54, 1.807) is 25.3 Å². The summed E-state index contributed by atoms with van der Waals surface area (Å²) in [6.45, 7) is 6.95. The quantitative estimate of drug-likeness (QED) is 0.750. The zero-order valence-electron chi connectivity index (χ0n) is 11.5. The highest BCUT2D eigenvalue weighted by molar-refractivity contribution is 5.39. The topological polar surface area (TPSA) is 61.7 Å². The van der Waals surface area contributed by atoms with Gasteiger partial charge in [-0.2, -0.15) is 0 Å². The maximum Gasteiger partial charge on any atom is 0.120 e. The second kappa shape index (κ2) is 6.07. The van der Waals surface area contributed by atoms with Crippen molar-refractivity contribution in [2.24, 2.45) is 5.41 Å². The predicted octanol–water partition coefficient (Wildman–Crippen LogP) is 1.90. The van der Waals surface area contributed by atoms with E-state index in [0.29, 0.717) is 18.8 Å². The lowest BCUT2D eigenvalue weighted by Gasteiger charge is -2.26. The number of ether oxygens (including phenoxy) is 1. The lowest BCUT2D eigenvalue weighted by Crippen LogP contribution is -2.36. The molecule has 0 spiro atoms. The smallest absolute Gasteiger partial charge is 0.120 e. The molecule has 0 fully saturated rings. The molecule has 0 radical (unpaired) electrons. The van der Waals surface area contributed by atoms with E-state index in [0.717, 1.165) is 5.56 Å². The van der Waals surface area contributed by atoms with Crippen molar-refractivity contribution in [1.82, 2.24) is 5.32 Å². The average molecular weight is 253 g/mol. The van der Waals surface area contributed by atoms with Gasteiger partial charge < -0.3 is 20.3 Å². The summed E-state index contributed by atoms with van der Waals surface area (Å²) in [6.07, 6.45) is -0.426. The molecule has 1 unspecified atom stereocenters. The Morgan fingerprint density at radius 2 is 2.00 bits per heavy atom. The van der Waals surface area contributed by atoms with E-state index in [1.165, 1.54) is 0 Å². The van der Waals surface area contributed by atoms with Crippen LogP contribution in [-0.2, 0) is 6.54 Å². The molecule has 0 aliphatic heterocycles. The van der Waals surface area contributed by atoms with E-state index in [-0.39, 0.29) is 11.2 Å². The normalized spacial score (nSPS) is 13.4. The Balaban J connectivity index is 2.53. The molecule has 0 saturated heterocycles. The van der Waals surface area contributed by atoms with Crippen molar-refractivity contribution in [2.45, 2.75) is 33.4 Å². The van der Waals surface area contributed by atoms with Gasteiger partial charge in [-0.3, -0.25) is 0 Å². The molecule has 0 heterocycles. The number of phenolic OH excluding ortho intramolecular Hbond substituents is 1. The number of aliphatic hydroxyl groups is 1. The highest BCUT2D eigenvalue weighted by atomic mass is 16.5. The Bertz CT molecular complexity index is 385. The van der Waals surface area contributed by atoms with Crippen molar-refractivity contribution in [3.63, 3.8) is 0 Å². The van der Waals surface area contributed by atoms with Crippen LogP contribution in [0.15, 0.2) is 18.2 Å². The highest BCUT2D eigenvalue weighted by Gasteiger charge is 2.21. The summed E-state index contributed by atoms with van der Waals surface area (Å²) in [5.41, 5.74) is 0.610. The molecule has 4 heteroatoms. The second-order valence-electron chi connectivity index (χ2n) is 5.51. The average Bonchev–Trinajstić information content (AvgIpc) is 2.30. The molecular formula is C14H23NO3. The first-order chi connectivity index (χ1) is 8.34. The van der Waals surface area contributed by atoms with Gasteiger partial charge in [-0.1, -0.05) is 20.8 Å². The van der Waals surface area contributed by atoms with Crippen molar-refractivity contribution in [3.8, 4) is 11.5 Å². The van der Waals surface area contributed by atoms with E-state index in [9.17, 15) is 10.2 Å². The van der Waals surface area contributed by atoms with Crippen molar-refractivity contribution in [2.75, 3.05) is 13.7 Å². The number of hydrogen-bond donors (Lipinski definition) is 3. The summed E-state index contributed by atoms with van der Waals surface area (Å²) in [4.78, 5) is 0. The van der Waals surface area contributed by atoms with Crippen molar-refractivity contribution >= 4 is 0 Å². The Kier molecular flexibility index (Phi) is 4.99. The van der Waals surface area contributed by atoms with Crippen molar-refractivity contribution in [3.05, 3.63) is 23.8 Å². The number of aromatic hydroxyl groups is 1. The minimum atomic E-state index is -0.426. The number of hydrogen-bond acceptors (Lipinski definition) is 4. The third-order valence-corrected chi connectivity index (χ3v) is 2.94. The summed E-state index contributed by atoms with van der Waals surface area (Å²) < 4.78 is 5.10. The number of benzene rings is 1. The molecular weight excluding hydrogens is 230 g/mol. The summed E-state index contributed by atoms with van der Waals surface area (Å²) >= 11 is 0. The third-order valence-electron chi connectivity index (χ3n) is 2.94. The summed E-state index contributed by atoms with van der Waals surface area (Å²) in [5, 5.41) is 22.7. The number of nitrogens with one attached hydrogen (secondary N) is 1. The summed E-state index contributed by atoms with van der Waals surface area (Å²) in [6, 6.07) is 5.10. The lowest BCUT2D eigenvalue weighted by atomic mass is 9.89. The monoisotopic (exact) mass is 253 g/mol. The maximum absolute atomic E-state index is 9.88. The molecule has 1 atom stereocenters. The zero-order valence-corrected chi connectivity index (χ0v) is 11.5.